The molecule has 2 N–H and O–H groups in total. The highest BCUT2D eigenvalue weighted by atomic mass is 28.3. The number of aliphatic hydroxyl groups is 1. The summed E-state index contributed by atoms with van der Waals surface area (Å²) in [6.07, 6.45) is 2.23. The summed E-state index contributed by atoms with van der Waals surface area (Å²) < 4.78 is 11.2. The van der Waals surface area contributed by atoms with Gasteiger partial charge in [-0.15, -0.1) is 0 Å². The number of phenols is 1. The van der Waals surface area contributed by atoms with Gasteiger partial charge in [0, 0.05) is 19.2 Å². The van der Waals surface area contributed by atoms with Crippen molar-refractivity contribution in [2.75, 3.05) is 13.2 Å². The summed E-state index contributed by atoms with van der Waals surface area (Å²) in [5.41, 5.74) is 3.18. The van der Waals surface area contributed by atoms with Gasteiger partial charge < -0.3 is 19.7 Å². The maximum absolute atomic E-state index is 12.2. The molecule has 1 aliphatic rings. The van der Waals surface area contributed by atoms with Gasteiger partial charge in [0.05, 0.1) is 13.2 Å². The third-order valence-corrected chi connectivity index (χ3v) is 6.16. The first-order valence-corrected chi connectivity index (χ1v) is 12.3. The molecule has 5 nitrogen and oxygen atoms in total. The van der Waals surface area contributed by atoms with Crippen LogP contribution in [0.3, 0.4) is 0 Å². The molecule has 0 spiro atoms. The van der Waals surface area contributed by atoms with Crippen molar-refractivity contribution in [2.45, 2.75) is 52.6 Å². The lowest BCUT2D eigenvalue weighted by molar-refractivity contribution is 0.0532. The second-order valence-electron chi connectivity index (χ2n) is 7.78. The van der Waals surface area contributed by atoms with Gasteiger partial charge >= 0.3 is 5.97 Å². The van der Waals surface area contributed by atoms with Gasteiger partial charge in [0.25, 0.3) is 0 Å². The van der Waals surface area contributed by atoms with Crippen LogP contribution in [0.5, 0.6) is 11.5 Å². The topological polar surface area (TPSA) is 76.0 Å². The quantitative estimate of drug-likeness (QED) is 0.439. The lowest BCUT2D eigenvalue weighted by Crippen LogP contribution is -2.23. The molecule has 0 saturated carbocycles. The molecule has 6 heteroatoms. The number of fused-ring (bicyclic) bond motifs is 1. The molecule has 0 aromatic heterocycles. The van der Waals surface area contributed by atoms with Crippen LogP contribution in [0.4, 0.5) is 0 Å². The van der Waals surface area contributed by atoms with Crippen molar-refractivity contribution < 1.29 is 24.5 Å². The predicted molar refractivity (Wildman–Crippen MR) is 100 cm³/mol. The molecule has 0 saturated heterocycles. The molecule has 0 fully saturated rings. The first-order valence-electron chi connectivity index (χ1n) is 8.59. The van der Waals surface area contributed by atoms with Crippen molar-refractivity contribution in [3.8, 4) is 11.5 Å². The third-order valence-electron chi connectivity index (χ3n) is 4.45. The van der Waals surface area contributed by atoms with Gasteiger partial charge in [-0.3, -0.25) is 0 Å². The number of carbonyl (C=O) groups is 1. The number of aromatic hydroxyl groups is 1. The number of benzene rings is 1. The van der Waals surface area contributed by atoms with E-state index in [0.717, 1.165) is 11.6 Å². The van der Waals surface area contributed by atoms with E-state index in [1.54, 1.807) is 6.92 Å². The fraction of sp³-hybridized carbons (Fsp3) is 0.526. The largest absolute Gasteiger partial charge is 0.507 e. The number of phenolic OH excluding ortho intramolecular Hbond substituents is 1. The van der Waals surface area contributed by atoms with Crippen molar-refractivity contribution in [2.24, 2.45) is 0 Å². The number of carbonyl (C=O) groups excluding carboxylic acids is 1. The molecule has 2 rings (SSSR count). The smallest absolute Gasteiger partial charge is 0.342 e. The van der Waals surface area contributed by atoms with Crippen LogP contribution in [0, 0.1) is 6.92 Å². The summed E-state index contributed by atoms with van der Waals surface area (Å²) in [7, 11) is -1.29. The van der Waals surface area contributed by atoms with Crippen LogP contribution in [0.1, 0.15) is 34.0 Å². The number of hydrogen-bond acceptors (Lipinski definition) is 5. The third kappa shape index (κ3) is 4.44. The Balaban J connectivity index is 2.46. The highest BCUT2D eigenvalue weighted by Gasteiger charge is 2.32. The molecular formula is C19H28O5Si. The zero-order chi connectivity index (χ0) is 18.8. The van der Waals surface area contributed by atoms with E-state index in [1.165, 1.54) is 0 Å². The zero-order valence-electron chi connectivity index (χ0n) is 15.7. The Morgan fingerprint density at radius 3 is 2.64 bits per heavy atom. The Labute approximate surface area is 150 Å². The fourth-order valence-electron chi connectivity index (χ4n) is 2.71. The van der Waals surface area contributed by atoms with E-state index in [9.17, 15) is 15.0 Å². The standard InChI is InChI=1S/C19H28O5Si/c1-12(10-20)6-7-14-17(21)13(2)15-11-24-19(22)16(15)18(14)23-8-9-25(3,4)5/h6,20-21H,7-11H2,1-5H3/b12-6+. The minimum absolute atomic E-state index is 0.0431. The number of rotatable bonds is 7. The van der Waals surface area contributed by atoms with Gasteiger partial charge in [-0.2, -0.15) is 0 Å². The van der Waals surface area contributed by atoms with Gasteiger partial charge in [0.2, 0.25) is 0 Å². The molecule has 1 aromatic carbocycles. The van der Waals surface area contributed by atoms with Crippen molar-refractivity contribution in [3.63, 3.8) is 0 Å². The number of ether oxygens (including phenoxy) is 2. The second-order valence-corrected chi connectivity index (χ2v) is 13.4. The minimum Gasteiger partial charge on any atom is -0.507 e. The summed E-state index contributed by atoms with van der Waals surface area (Å²) in [6.45, 7) is 11.0. The van der Waals surface area contributed by atoms with Crippen LogP contribution >= 0.6 is 0 Å². The number of hydrogen-bond donors (Lipinski definition) is 2. The number of esters is 1. The average Bonchev–Trinajstić information content (AvgIpc) is 2.91. The molecule has 0 aliphatic carbocycles. The van der Waals surface area contributed by atoms with E-state index in [1.807, 2.05) is 13.0 Å². The molecule has 25 heavy (non-hydrogen) atoms. The van der Waals surface area contributed by atoms with Crippen LogP contribution in [0.25, 0.3) is 0 Å². The van der Waals surface area contributed by atoms with Crippen LogP contribution in [0.2, 0.25) is 25.7 Å². The van der Waals surface area contributed by atoms with Crippen molar-refractivity contribution in [1.82, 2.24) is 0 Å². The molecule has 0 unspecified atom stereocenters. The first-order chi connectivity index (χ1) is 11.7. The lowest BCUT2D eigenvalue weighted by atomic mass is 9.95. The predicted octanol–water partition coefficient (Wildman–Crippen LogP) is 3.57. The van der Waals surface area contributed by atoms with Gasteiger partial charge in [0.1, 0.15) is 23.7 Å². The Morgan fingerprint density at radius 2 is 2.04 bits per heavy atom. The lowest BCUT2D eigenvalue weighted by Gasteiger charge is -2.20. The number of aliphatic hydroxyl groups excluding tert-OH is 1. The maximum Gasteiger partial charge on any atom is 0.342 e. The van der Waals surface area contributed by atoms with Crippen LogP contribution in [0.15, 0.2) is 11.6 Å². The Kier molecular flexibility index (Phi) is 5.95. The van der Waals surface area contributed by atoms with Crippen molar-refractivity contribution in [3.05, 3.63) is 33.9 Å². The average molecular weight is 365 g/mol. The molecule has 138 valence electrons. The SMILES string of the molecule is C/C(=C\Cc1c(O)c(C)c2c(c1OCC[Si](C)(C)C)C(=O)OC2)CO. The van der Waals surface area contributed by atoms with Gasteiger partial charge in [0.15, 0.2) is 0 Å². The number of allylic oxidation sites excluding steroid dienone is 1. The van der Waals surface area contributed by atoms with Crippen LogP contribution < -0.4 is 4.74 Å². The van der Waals surface area contributed by atoms with Crippen molar-refractivity contribution >= 4 is 14.0 Å². The van der Waals surface area contributed by atoms with Crippen LogP contribution in [-0.4, -0.2) is 37.5 Å². The van der Waals surface area contributed by atoms with Gasteiger partial charge in [-0.05, 0) is 31.9 Å². The summed E-state index contributed by atoms with van der Waals surface area (Å²) in [6, 6.07) is 0.955. The monoisotopic (exact) mass is 364 g/mol. The van der Waals surface area contributed by atoms with Gasteiger partial charge in [-0.1, -0.05) is 31.3 Å². The Morgan fingerprint density at radius 1 is 1.36 bits per heavy atom. The molecule has 1 heterocycles. The highest BCUT2D eigenvalue weighted by Crippen LogP contribution is 2.42. The number of cyclic esters (lactones) is 1. The van der Waals surface area contributed by atoms with E-state index in [2.05, 4.69) is 19.6 Å². The van der Waals surface area contributed by atoms with E-state index in [0.29, 0.717) is 41.0 Å². The normalized spacial score (nSPS) is 14.5. The molecule has 0 radical (unpaired) electrons. The van der Waals surface area contributed by atoms with Crippen LogP contribution in [-0.2, 0) is 17.8 Å². The van der Waals surface area contributed by atoms with E-state index < -0.39 is 14.0 Å². The summed E-state index contributed by atoms with van der Waals surface area (Å²) in [4.78, 5) is 12.2. The maximum atomic E-state index is 12.2. The van der Waals surface area contributed by atoms with E-state index in [4.69, 9.17) is 9.47 Å². The molecular weight excluding hydrogens is 336 g/mol. The van der Waals surface area contributed by atoms with E-state index >= 15 is 0 Å². The summed E-state index contributed by atoms with van der Waals surface area (Å²) >= 11 is 0. The highest BCUT2D eigenvalue weighted by molar-refractivity contribution is 6.76. The Bertz CT molecular complexity index is 701. The first kappa shape index (κ1) is 19.5. The second kappa shape index (κ2) is 7.62. The van der Waals surface area contributed by atoms with Gasteiger partial charge in [-0.25, -0.2) is 4.79 Å². The molecule has 1 aromatic rings. The van der Waals surface area contributed by atoms with E-state index in [-0.39, 0.29) is 19.0 Å². The van der Waals surface area contributed by atoms with Crippen molar-refractivity contribution in [1.29, 1.82) is 0 Å². The fourth-order valence-corrected chi connectivity index (χ4v) is 3.42. The minimum atomic E-state index is -1.29. The molecule has 0 amide bonds. The molecule has 1 aliphatic heterocycles. The Hall–Kier alpha value is -1.79. The zero-order valence-corrected chi connectivity index (χ0v) is 16.7. The molecule has 0 bridgehead atoms. The summed E-state index contributed by atoms with van der Waals surface area (Å²) in [5, 5.41) is 19.8. The molecule has 0 atom stereocenters. The summed E-state index contributed by atoms with van der Waals surface area (Å²) in [5.74, 6) is 0.174.